The average molecular weight is 261 g/mol. The summed E-state index contributed by atoms with van der Waals surface area (Å²) in [6.07, 6.45) is 5.02. The van der Waals surface area contributed by atoms with Gasteiger partial charge in [-0.1, -0.05) is 38.1 Å². The summed E-state index contributed by atoms with van der Waals surface area (Å²) in [6, 6.07) is 9.33. The summed E-state index contributed by atoms with van der Waals surface area (Å²) >= 11 is 0. The molecule has 2 nitrogen and oxygen atoms in total. The van der Waals surface area contributed by atoms with Crippen molar-refractivity contribution in [2.75, 3.05) is 13.7 Å². The Bertz CT molecular complexity index is 387. The molecule has 106 valence electrons. The summed E-state index contributed by atoms with van der Waals surface area (Å²) in [5.41, 5.74) is 3.09. The Kier molecular flexibility index (Phi) is 5.41. The zero-order valence-electron chi connectivity index (χ0n) is 12.5. The molecule has 0 heterocycles. The van der Waals surface area contributed by atoms with Crippen molar-refractivity contribution in [2.24, 2.45) is 0 Å². The highest BCUT2D eigenvalue weighted by atomic mass is 16.5. The second-order valence-corrected chi connectivity index (χ2v) is 5.58. The van der Waals surface area contributed by atoms with E-state index in [-0.39, 0.29) is 0 Å². The fraction of sp³-hybridized carbons (Fsp3) is 0.647. The highest BCUT2D eigenvalue weighted by Crippen LogP contribution is 2.38. The summed E-state index contributed by atoms with van der Waals surface area (Å²) < 4.78 is 5.65. The molecule has 1 aliphatic rings. The predicted octanol–water partition coefficient (Wildman–Crippen LogP) is 3.51. The Labute approximate surface area is 117 Å². The summed E-state index contributed by atoms with van der Waals surface area (Å²) in [7, 11) is 1.84. The summed E-state index contributed by atoms with van der Waals surface area (Å²) in [4.78, 5) is 0. The largest absolute Gasteiger partial charge is 0.380 e. The molecule has 2 heteroatoms. The molecular weight excluding hydrogens is 234 g/mol. The lowest BCUT2D eigenvalue weighted by atomic mass is 9.74. The minimum Gasteiger partial charge on any atom is -0.380 e. The molecule has 2 rings (SSSR count). The molecule has 0 aromatic heterocycles. The number of methoxy groups -OCH3 is 1. The van der Waals surface area contributed by atoms with Gasteiger partial charge < -0.3 is 10.1 Å². The Morgan fingerprint density at radius 2 is 2.11 bits per heavy atom. The Hall–Kier alpha value is -0.860. The average Bonchev–Trinajstić information content (AvgIpc) is 2.42. The summed E-state index contributed by atoms with van der Waals surface area (Å²) in [5, 5.41) is 3.68. The Balaban J connectivity index is 1.97. The second-order valence-electron chi connectivity index (χ2n) is 5.58. The third-order valence-corrected chi connectivity index (χ3v) is 4.31. The van der Waals surface area contributed by atoms with Gasteiger partial charge in [-0.05, 0) is 49.3 Å². The van der Waals surface area contributed by atoms with Crippen molar-refractivity contribution in [1.29, 1.82) is 0 Å². The molecule has 1 aliphatic carbocycles. The van der Waals surface area contributed by atoms with Gasteiger partial charge in [0.05, 0.1) is 6.10 Å². The first-order valence-electron chi connectivity index (χ1n) is 7.64. The number of hydrogen-bond acceptors (Lipinski definition) is 2. The third kappa shape index (κ3) is 3.37. The van der Waals surface area contributed by atoms with Crippen molar-refractivity contribution in [2.45, 2.75) is 57.6 Å². The van der Waals surface area contributed by atoms with E-state index in [1.165, 1.54) is 24.8 Å². The molecule has 19 heavy (non-hydrogen) atoms. The first kappa shape index (κ1) is 14.5. The van der Waals surface area contributed by atoms with Crippen LogP contribution in [0.2, 0.25) is 0 Å². The zero-order valence-corrected chi connectivity index (χ0v) is 12.5. The highest BCUT2D eigenvalue weighted by molar-refractivity contribution is 5.39. The van der Waals surface area contributed by atoms with Gasteiger partial charge in [0, 0.05) is 13.2 Å². The fourth-order valence-electron chi connectivity index (χ4n) is 3.19. The first-order chi connectivity index (χ1) is 9.30. The molecule has 0 bridgehead atoms. The van der Waals surface area contributed by atoms with E-state index in [0.717, 1.165) is 18.9 Å². The van der Waals surface area contributed by atoms with E-state index in [9.17, 15) is 0 Å². The Morgan fingerprint density at radius 1 is 1.32 bits per heavy atom. The van der Waals surface area contributed by atoms with Gasteiger partial charge in [-0.15, -0.1) is 0 Å². The van der Waals surface area contributed by atoms with Crippen LogP contribution in [0.1, 0.15) is 50.2 Å². The maximum atomic E-state index is 5.65. The first-order valence-corrected chi connectivity index (χ1v) is 7.64. The molecular formula is C17H27NO. The van der Waals surface area contributed by atoms with Crippen LogP contribution >= 0.6 is 0 Å². The molecule has 0 aliphatic heterocycles. The summed E-state index contributed by atoms with van der Waals surface area (Å²) in [6.45, 7) is 5.51. The van der Waals surface area contributed by atoms with Crippen LogP contribution < -0.4 is 5.32 Å². The summed E-state index contributed by atoms with van der Waals surface area (Å²) in [5.74, 6) is 0.717. The van der Waals surface area contributed by atoms with Crippen molar-refractivity contribution >= 4 is 0 Å². The molecule has 0 fully saturated rings. The number of fused-ring (bicyclic) bond motifs is 1. The molecule has 0 amide bonds. The molecule has 0 spiro atoms. The van der Waals surface area contributed by atoms with Crippen LogP contribution in [0.4, 0.5) is 0 Å². The van der Waals surface area contributed by atoms with Gasteiger partial charge in [0.15, 0.2) is 0 Å². The molecule has 1 N–H and O–H groups in total. The van der Waals surface area contributed by atoms with E-state index in [0.29, 0.717) is 12.1 Å². The minimum atomic E-state index is 0.333. The number of nitrogens with one attached hydrogen (secondary N) is 1. The van der Waals surface area contributed by atoms with E-state index in [4.69, 9.17) is 4.74 Å². The van der Waals surface area contributed by atoms with Crippen LogP contribution in [0.3, 0.4) is 0 Å². The zero-order chi connectivity index (χ0) is 13.7. The van der Waals surface area contributed by atoms with Crippen LogP contribution in [-0.4, -0.2) is 25.8 Å². The van der Waals surface area contributed by atoms with E-state index in [1.54, 1.807) is 5.56 Å². The van der Waals surface area contributed by atoms with E-state index >= 15 is 0 Å². The lowest BCUT2D eigenvalue weighted by Crippen LogP contribution is -2.43. The maximum Gasteiger partial charge on any atom is 0.0721 e. The maximum absolute atomic E-state index is 5.65. The molecule has 3 atom stereocenters. The smallest absolute Gasteiger partial charge is 0.0721 e. The van der Waals surface area contributed by atoms with E-state index in [1.807, 2.05) is 7.11 Å². The van der Waals surface area contributed by atoms with Gasteiger partial charge in [0.2, 0.25) is 0 Å². The van der Waals surface area contributed by atoms with Crippen molar-refractivity contribution in [3.05, 3.63) is 35.4 Å². The van der Waals surface area contributed by atoms with Crippen LogP contribution in [0.25, 0.3) is 0 Å². The number of ether oxygens (including phenoxy) is 1. The van der Waals surface area contributed by atoms with Crippen LogP contribution in [0, 0.1) is 0 Å². The van der Waals surface area contributed by atoms with Crippen LogP contribution in [0.15, 0.2) is 24.3 Å². The predicted molar refractivity (Wildman–Crippen MR) is 80.7 cm³/mol. The standard InChI is InChI=1S/C17H27NO/c1-4-10-18-16(17(5-2)19-3)12-14-11-13-8-6-7-9-15(13)14/h6-9,14,16-18H,4-5,10-12H2,1-3H3. The quantitative estimate of drug-likeness (QED) is 0.773. The molecule has 0 radical (unpaired) electrons. The Morgan fingerprint density at radius 3 is 2.74 bits per heavy atom. The van der Waals surface area contributed by atoms with Gasteiger partial charge >= 0.3 is 0 Å². The van der Waals surface area contributed by atoms with Gasteiger partial charge in [-0.25, -0.2) is 0 Å². The number of benzene rings is 1. The van der Waals surface area contributed by atoms with Crippen molar-refractivity contribution < 1.29 is 4.74 Å². The second kappa shape index (κ2) is 7.06. The lowest BCUT2D eigenvalue weighted by molar-refractivity contribution is 0.0592. The van der Waals surface area contributed by atoms with Crippen molar-refractivity contribution in [3.8, 4) is 0 Å². The number of rotatable bonds is 8. The molecule has 1 aromatic rings. The van der Waals surface area contributed by atoms with E-state index in [2.05, 4.69) is 43.4 Å². The molecule has 3 unspecified atom stereocenters. The third-order valence-electron chi connectivity index (χ3n) is 4.31. The fourth-order valence-corrected chi connectivity index (χ4v) is 3.19. The van der Waals surface area contributed by atoms with Gasteiger partial charge in [-0.2, -0.15) is 0 Å². The van der Waals surface area contributed by atoms with Crippen LogP contribution in [-0.2, 0) is 11.2 Å². The minimum absolute atomic E-state index is 0.333. The van der Waals surface area contributed by atoms with Gasteiger partial charge in [0.25, 0.3) is 0 Å². The number of hydrogen-bond donors (Lipinski definition) is 1. The normalized spacial score (nSPS) is 20.5. The molecule has 0 saturated carbocycles. The molecule has 1 aromatic carbocycles. The monoisotopic (exact) mass is 261 g/mol. The van der Waals surface area contributed by atoms with Gasteiger partial charge in [-0.3, -0.25) is 0 Å². The SMILES string of the molecule is CCCNC(CC1Cc2ccccc21)C(CC)OC. The van der Waals surface area contributed by atoms with Gasteiger partial charge in [0.1, 0.15) is 0 Å². The van der Waals surface area contributed by atoms with Crippen LogP contribution in [0.5, 0.6) is 0 Å². The topological polar surface area (TPSA) is 21.3 Å². The van der Waals surface area contributed by atoms with Crippen molar-refractivity contribution in [1.82, 2.24) is 5.32 Å². The van der Waals surface area contributed by atoms with E-state index < -0.39 is 0 Å². The molecule has 0 saturated heterocycles. The highest BCUT2D eigenvalue weighted by Gasteiger charge is 2.30. The lowest BCUT2D eigenvalue weighted by Gasteiger charge is -2.35. The van der Waals surface area contributed by atoms with Crippen molar-refractivity contribution in [3.63, 3.8) is 0 Å².